The minimum absolute atomic E-state index is 0.135. The predicted molar refractivity (Wildman–Crippen MR) is 104 cm³/mol. The van der Waals surface area contributed by atoms with Crippen LogP contribution in [0.3, 0.4) is 0 Å². The van der Waals surface area contributed by atoms with Gasteiger partial charge in [0.25, 0.3) is 0 Å². The summed E-state index contributed by atoms with van der Waals surface area (Å²) in [7, 11) is 1.89. The lowest BCUT2D eigenvalue weighted by Crippen LogP contribution is -2.19. The molecule has 0 aliphatic carbocycles. The maximum Gasteiger partial charge on any atom is 0.351 e. The Balaban J connectivity index is 1.91. The quantitative estimate of drug-likeness (QED) is 0.330. The average molecular weight is 347 g/mol. The molecule has 1 heterocycles. The number of rotatable bonds is 5. The monoisotopic (exact) mass is 347 g/mol. The van der Waals surface area contributed by atoms with Crippen LogP contribution in [0.1, 0.15) is 22.8 Å². The Bertz CT molecular complexity index is 1060. The topological polar surface area (TPSA) is 68.5 Å². The Morgan fingerprint density at radius 3 is 2.77 bits per heavy atom. The summed E-state index contributed by atoms with van der Waals surface area (Å²) in [6, 6.07) is 14.0. The van der Waals surface area contributed by atoms with Gasteiger partial charge in [-0.15, -0.1) is 0 Å². The molecule has 5 nitrogen and oxygen atoms in total. The van der Waals surface area contributed by atoms with Crippen molar-refractivity contribution < 1.29 is 13.9 Å². The van der Waals surface area contributed by atoms with Gasteiger partial charge in [-0.05, 0) is 42.8 Å². The molecule has 0 atom stereocenters. The number of hydrogen-bond donors (Lipinski definition) is 1. The predicted octanol–water partition coefficient (Wildman–Crippen LogP) is 1.89. The number of nitrogens with one attached hydrogen (secondary N) is 1. The molecule has 0 saturated carbocycles. The molecule has 2 aromatic carbocycles. The minimum atomic E-state index is -0.739. The van der Waals surface area contributed by atoms with Crippen molar-refractivity contribution in [2.45, 2.75) is 13.5 Å². The van der Waals surface area contributed by atoms with Crippen molar-refractivity contribution in [3.8, 4) is 5.75 Å². The molecule has 0 spiro atoms. The van der Waals surface area contributed by atoms with Gasteiger partial charge >= 0.3 is 11.6 Å². The fraction of sp³-hybridized carbons (Fsp3) is 0.100. The molecule has 130 valence electrons. The third-order valence-corrected chi connectivity index (χ3v) is 3.81. The standard InChI is InChI=1S/C20H18BNO4/c1-12(2)22-11-13-6-7-18-14(8-13)9-17(20(24)26-18)19(23)25-16-5-3-4-15(21)10-16/h3-10,22H,1,11,21H2,2H3. The Labute approximate surface area is 151 Å². The van der Waals surface area contributed by atoms with E-state index in [4.69, 9.17) is 9.15 Å². The highest BCUT2D eigenvalue weighted by atomic mass is 16.5. The van der Waals surface area contributed by atoms with E-state index in [0.29, 0.717) is 23.3 Å². The van der Waals surface area contributed by atoms with Gasteiger partial charge in [-0.2, -0.15) is 0 Å². The molecule has 26 heavy (non-hydrogen) atoms. The molecule has 0 amide bonds. The first-order valence-corrected chi connectivity index (χ1v) is 8.17. The summed E-state index contributed by atoms with van der Waals surface area (Å²) >= 11 is 0. The summed E-state index contributed by atoms with van der Waals surface area (Å²) in [5.74, 6) is -0.356. The second-order valence-corrected chi connectivity index (χ2v) is 6.16. The third kappa shape index (κ3) is 4.03. The molecule has 3 rings (SSSR count). The first-order chi connectivity index (χ1) is 12.4. The summed E-state index contributed by atoms with van der Waals surface area (Å²) in [6.45, 7) is 6.26. The number of hydrogen-bond acceptors (Lipinski definition) is 5. The summed E-state index contributed by atoms with van der Waals surface area (Å²) < 4.78 is 10.6. The lowest BCUT2D eigenvalue weighted by atomic mass is 9.96. The van der Waals surface area contributed by atoms with Crippen LogP contribution in [0.4, 0.5) is 0 Å². The van der Waals surface area contributed by atoms with Gasteiger partial charge in [0.1, 0.15) is 24.7 Å². The fourth-order valence-corrected chi connectivity index (χ4v) is 2.52. The third-order valence-electron chi connectivity index (χ3n) is 3.81. The summed E-state index contributed by atoms with van der Waals surface area (Å²) in [6.07, 6.45) is 0. The molecular formula is C20H18BNO4. The van der Waals surface area contributed by atoms with Crippen molar-refractivity contribution in [1.82, 2.24) is 5.32 Å². The molecule has 0 fully saturated rings. The Hall–Kier alpha value is -3.28. The molecule has 1 N–H and O–H groups in total. The van der Waals surface area contributed by atoms with Gasteiger partial charge in [-0.25, -0.2) is 9.59 Å². The van der Waals surface area contributed by atoms with Crippen LogP contribution in [-0.2, 0) is 6.54 Å². The van der Waals surface area contributed by atoms with Crippen LogP contribution in [-0.4, -0.2) is 13.8 Å². The van der Waals surface area contributed by atoms with Gasteiger partial charge in [0.05, 0.1) is 0 Å². The molecule has 0 bridgehead atoms. The molecular weight excluding hydrogens is 329 g/mol. The summed E-state index contributed by atoms with van der Waals surface area (Å²) in [4.78, 5) is 24.5. The first kappa shape index (κ1) is 17.5. The highest BCUT2D eigenvalue weighted by Crippen LogP contribution is 2.17. The number of fused-ring (bicyclic) bond motifs is 1. The Kier molecular flexibility index (Phi) is 4.93. The summed E-state index contributed by atoms with van der Waals surface area (Å²) in [5, 5.41) is 3.79. The van der Waals surface area contributed by atoms with Crippen molar-refractivity contribution in [2.24, 2.45) is 0 Å². The number of allylic oxidation sites excluding steroid dienone is 1. The highest BCUT2D eigenvalue weighted by Gasteiger charge is 2.16. The smallest absolute Gasteiger partial charge is 0.351 e. The summed E-state index contributed by atoms with van der Waals surface area (Å²) in [5.41, 5.74) is 2.35. The number of ether oxygens (including phenoxy) is 1. The number of carbonyl (C=O) groups excluding carboxylic acids is 1. The van der Waals surface area contributed by atoms with E-state index in [1.165, 1.54) is 6.07 Å². The van der Waals surface area contributed by atoms with Gasteiger partial charge in [-0.3, -0.25) is 0 Å². The van der Waals surface area contributed by atoms with Crippen molar-refractivity contribution in [3.63, 3.8) is 0 Å². The van der Waals surface area contributed by atoms with Crippen LogP contribution in [0.15, 0.2) is 70.0 Å². The molecule has 0 saturated heterocycles. The molecule has 1 aromatic heterocycles. The maximum absolute atomic E-state index is 12.4. The Morgan fingerprint density at radius 2 is 2.04 bits per heavy atom. The van der Waals surface area contributed by atoms with E-state index in [2.05, 4.69) is 11.9 Å². The molecule has 0 radical (unpaired) electrons. The van der Waals surface area contributed by atoms with Crippen LogP contribution in [0.25, 0.3) is 11.0 Å². The molecule has 3 aromatic rings. The second kappa shape index (κ2) is 7.31. The van der Waals surface area contributed by atoms with Crippen molar-refractivity contribution in [2.75, 3.05) is 0 Å². The lowest BCUT2D eigenvalue weighted by Gasteiger charge is -2.07. The number of benzene rings is 2. The van der Waals surface area contributed by atoms with Gasteiger partial charge in [0, 0.05) is 17.6 Å². The van der Waals surface area contributed by atoms with E-state index in [0.717, 1.165) is 16.7 Å². The van der Waals surface area contributed by atoms with Crippen molar-refractivity contribution in [3.05, 3.63) is 82.4 Å². The molecule has 6 heteroatoms. The Morgan fingerprint density at radius 1 is 1.23 bits per heavy atom. The lowest BCUT2D eigenvalue weighted by molar-refractivity contribution is 0.0730. The van der Waals surface area contributed by atoms with Crippen LogP contribution >= 0.6 is 0 Å². The number of esters is 1. The van der Waals surface area contributed by atoms with E-state index in [-0.39, 0.29) is 5.56 Å². The average Bonchev–Trinajstić information content (AvgIpc) is 2.59. The fourth-order valence-electron chi connectivity index (χ4n) is 2.52. The zero-order chi connectivity index (χ0) is 18.7. The van der Waals surface area contributed by atoms with Crippen molar-refractivity contribution >= 4 is 30.2 Å². The zero-order valence-corrected chi connectivity index (χ0v) is 14.7. The van der Waals surface area contributed by atoms with E-state index in [9.17, 15) is 9.59 Å². The van der Waals surface area contributed by atoms with Crippen LogP contribution in [0.5, 0.6) is 5.75 Å². The maximum atomic E-state index is 12.4. The van der Waals surface area contributed by atoms with Gasteiger partial charge in [0.15, 0.2) is 0 Å². The first-order valence-electron chi connectivity index (χ1n) is 8.17. The van der Waals surface area contributed by atoms with E-state index in [1.54, 1.807) is 24.3 Å². The largest absolute Gasteiger partial charge is 0.423 e. The number of carbonyl (C=O) groups is 1. The van der Waals surface area contributed by atoms with Gasteiger partial charge in [-0.1, -0.05) is 30.2 Å². The normalized spacial score (nSPS) is 10.5. The second-order valence-electron chi connectivity index (χ2n) is 6.16. The van der Waals surface area contributed by atoms with Gasteiger partial charge in [0.2, 0.25) is 0 Å². The molecule has 0 aliphatic heterocycles. The van der Waals surface area contributed by atoms with Crippen LogP contribution < -0.4 is 21.1 Å². The SMILES string of the molecule is Bc1cccc(OC(=O)c2cc3cc(CNC(=C)C)ccc3oc2=O)c1. The highest BCUT2D eigenvalue weighted by molar-refractivity contribution is 6.32. The zero-order valence-electron chi connectivity index (χ0n) is 14.7. The molecule has 0 unspecified atom stereocenters. The van der Waals surface area contributed by atoms with E-state index in [1.807, 2.05) is 33.0 Å². The van der Waals surface area contributed by atoms with Crippen LogP contribution in [0.2, 0.25) is 0 Å². The molecule has 0 aliphatic rings. The minimum Gasteiger partial charge on any atom is -0.423 e. The van der Waals surface area contributed by atoms with Crippen LogP contribution in [0, 0.1) is 0 Å². The van der Waals surface area contributed by atoms with Crippen molar-refractivity contribution in [1.29, 1.82) is 0 Å². The van der Waals surface area contributed by atoms with E-state index >= 15 is 0 Å². The van der Waals surface area contributed by atoms with Gasteiger partial charge < -0.3 is 14.5 Å². The van der Waals surface area contributed by atoms with E-state index < -0.39 is 11.6 Å².